The molecule has 7 heteroatoms. The Labute approximate surface area is 169 Å². The van der Waals surface area contributed by atoms with Crippen LogP contribution >= 0.6 is 0 Å². The van der Waals surface area contributed by atoms with Crippen LogP contribution in [0.3, 0.4) is 0 Å². The van der Waals surface area contributed by atoms with Gasteiger partial charge in [-0.1, -0.05) is 0 Å². The molecule has 1 fully saturated rings. The Morgan fingerprint density at radius 1 is 1.03 bits per heavy atom. The summed E-state index contributed by atoms with van der Waals surface area (Å²) in [6.07, 6.45) is 1.93. The molecule has 29 heavy (non-hydrogen) atoms. The van der Waals surface area contributed by atoms with Crippen molar-refractivity contribution in [3.05, 3.63) is 42.6 Å². The molecule has 1 aliphatic rings. The molecule has 1 saturated heterocycles. The Bertz CT molecular complexity index is 1230. The van der Waals surface area contributed by atoms with Gasteiger partial charge in [0.15, 0.2) is 0 Å². The molecule has 0 saturated carbocycles. The zero-order chi connectivity index (χ0) is 20.2. The lowest BCUT2D eigenvalue weighted by atomic mass is 10.0. The van der Waals surface area contributed by atoms with Crippen LogP contribution in [0.15, 0.2) is 42.6 Å². The average Bonchev–Trinajstić information content (AvgIpc) is 3.04. The normalized spacial score (nSPS) is 16.6. The van der Waals surface area contributed by atoms with Gasteiger partial charge in [0, 0.05) is 55.4 Å². The van der Waals surface area contributed by atoms with Crippen molar-refractivity contribution >= 4 is 27.8 Å². The van der Waals surface area contributed by atoms with Gasteiger partial charge in [-0.15, -0.1) is 0 Å². The molecule has 0 bridgehead atoms. The predicted molar refractivity (Wildman–Crippen MR) is 115 cm³/mol. The van der Waals surface area contributed by atoms with E-state index < -0.39 is 0 Å². The number of fused-ring (bicyclic) bond motifs is 2. The fraction of sp³-hybridized carbons (Fsp3) is 0.318. The second-order valence-corrected chi connectivity index (χ2v) is 8.37. The number of nitrogens with zero attached hydrogens (tertiary/aromatic N) is 5. The number of hydrogen-bond acceptors (Lipinski definition) is 6. The number of hydrogen-bond donors (Lipinski definition) is 2. The highest BCUT2D eigenvalue weighted by atomic mass is 16.3. The van der Waals surface area contributed by atoms with Crippen molar-refractivity contribution in [2.24, 2.45) is 7.05 Å². The van der Waals surface area contributed by atoms with Crippen molar-refractivity contribution in [3.8, 4) is 17.0 Å². The SMILES string of the molecule is Cn1cc2cc(-c3ccc4nc(N5CCNC(C)(C)C5)ccc4n3)c(O)cc2n1. The van der Waals surface area contributed by atoms with E-state index in [0.717, 1.165) is 53.1 Å². The first kappa shape index (κ1) is 17.9. The fourth-order valence-electron chi connectivity index (χ4n) is 4.05. The van der Waals surface area contributed by atoms with E-state index in [9.17, 15) is 5.11 Å². The van der Waals surface area contributed by atoms with E-state index >= 15 is 0 Å². The number of nitrogens with one attached hydrogen (secondary N) is 1. The van der Waals surface area contributed by atoms with E-state index in [-0.39, 0.29) is 11.3 Å². The van der Waals surface area contributed by atoms with Crippen LogP contribution in [0.5, 0.6) is 5.75 Å². The molecular formula is C22H24N6O. The maximum Gasteiger partial charge on any atom is 0.129 e. The lowest BCUT2D eigenvalue weighted by Gasteiger charge is -2.39. The van der Waals surface area contributed by atoms with Crippen molar-refractivity contribution in [3.63, 3.8) is 0 Å². The third-order valence-electron chi connectivity index (χ3n) is 5.44. The van der Waals surface area contributed by atoms with Gasteiger partial charge in [-0.25, -0.2) is 9.97 Å². The average molecular weight is 388 g/mol. The van der Waals surface area contributed by atoms with Crippen LogP contribution in [-0.4, -0.2) is 50.0 Å². The van der Waals surface area contributed by atoms with Gasteiger partial charge in [-0.2, -0.15) is 5.10 Å². The second-order valence-electron chi connectivity index (χ2n) is 8.37. The van der Waals surface area contributed by atoms with E-state index in [0.29, 0.717) is 5.56 Å². The molecule has 0 aliphatic carbocycles. The topological polar surface area (TPSA) is 79.1 Å². The maximum absolute atomic E-state index is 10.5. The molecule has 0 radical (unpaired) electrons. The first-order chi connectivity index (χ1) is 13.9. The largest absolute Gasteiger partial charge is 0.507 e. The van der Waals surface area contributed by atoms with Crippen LogP contribution in [0, 0.1) is 0 Å². The van der Waals surface area contributed by atoms with Crippen molar-refractivity contribution in [1.29, 1.82) is 0 Å². The van der Waals surface area contributed by atoms with Gasteiger partial charge in [-0.05, 0) is 44.2 Å². The molecule has 4 heterocycles. The minimum atomic E-state index is 0.0689. The van der Waals surface area contributed by atoms with E-state index in [2.05, 4.69) is 29.2 Å². The smallest absolute Gasteiger partial charge is 0.129 e. The first-order valence-electron chi connectivity index (χ1n) is 9.82. The molecule has 3 aromatic heterocycles. The Balaban J connectivity index is 1.52. The number of phenolic OH excluding ortho intramolecular Hbond substituents is 1. The summed E-state index contributed by atoms with van der Waals surface area (Å²) in [5, 5.41) is 19.3. The summed E-state index contributed by atoms with van der Waals surface area (Å²) >= 11 is 0. The number of aromatic nitrogens is 4. The summed E-state index contributed by atoms with van der Waals surface area (Å²) in [6.45, 7) is 7.21. The van der Waals surface area contributed by atoms with Gasteiger partial charge in [-0.3, -0.25) is 4.68 Å². The summed E-state index contributed by atoms with van der Waals surface area (Å²) < 4.78 is 1.74. The van der Waals surface area contributed by atoms with Crippen molar-refractivity contribution < 1.29 is 5.11 Å². The minimum Gasteiger partial charge on any atom is -0.507 e. The van der Waals surface area contributed by atoms with Crippen LogP contribution in [0.25, 0.3) is 33.2 Å². The Hall–Kier alpha value is -3.19. The highest BCUT2D eigenvalue weighted by molar-refractivity contribution is 5.88. The van der Waals surface area contributed by atoms with Gasteiger partial charge in [0.25, 0.3) is 0 Å². The van der Waals surface area contributed by atoms with E-state index in [1.165, 1.54) is 0 Å². The lowest BCUT2D eigenvalue weighted by molar-refractivity contribution is 0.352. The molecule has 7 nitrogen and oxygen atoms in total. The number of benzene rings is 1. The van der Waals surface area contributed by atoms with Gasteiger partial charge < -0.3 is 15.3 Å². The Morgan fingerprint density at radius 2 is 1.83 bits per heavy atom. The first-order valence-corrected chi connectivity index (χ1v) is 9.82. The van der Waals surface area contributed by atoms with Gasteiger partial charge in [0.2, 0.25) is 0 Å². The summed E-state index contributed by atoms with van der Waals surface area (Å²) in [7, 11) is 1.87. The van der Waals surface area contributed by atoms with Gasteiger partial charge in [0.1, 0.15) is 11.6 Å². The number of rotatable bonds is 2. The molecule has 4 aromatic rings. The van der Waals surface area contributed by atoms with Crippen molar-refractivity contribution in [2.75, 3.05) is 24.5 Å². The van der Waals surface area contributed by atoms with Crippen LogP contribution < -0.4 is 10.2 Å². The van der Waals surface area contributed by atoms with Crippen LogP contribution in [0.4, 0.5) is 5.82 Å². The monoisotopic (exact) mass is 388 g/mol. The lowest BCUT2D eigenvalue weighted by Crippen LogP contribution is -2.57. The molecule has 5 rings (SSSR count). The Morgan fingerprint density at radius 3 is 2.66 bits per heavy atom. The molecule has 0 unspecified atom stereocenters. The highest BCUT2D eigenvalue weighted by Gasteiger charge is 2.26. The number of anilines is 1. The Kier molecular flexibility index (Phi) is 3.96. The molecule has 148 valence electrons. The molecule has 1 aromatic carbocycles. The maximum atomic E-state index is 10.5. The zero-order valence-corrected chi connectivity index (χ0v) is 16.8. The third-order valence-corrected chi connectivity index (χ3v) is 5.44. The van der Waals surface area contributed by atoms with E-state index in [4.69, 9.17) is 9.97 Å². The van der Waals surface area contributed by atoms with Gasteiger partial charge >= 0.3 is 0 Å². The molecule has 0 amide bonds. The molecular weight excluding hydrogens is 364 g/mol. The number of pyridine rings is 2. The molecule has 0 spiro atoms. The van der Waals surface area contributed by atoms with Crippen molar-refractivity contribution in [1.82, 2.24) is 25.1 Å². The fourth-order valence-corrected chi connectivity index (χ4v) is 4.05. The third kappa shape index (κ3) is 3.27. The summed E-state index contributed by atoms with van der Waals surface area (Å²) in [6, 6.07) is 11.5. The number of piperazine rings is 1. The van der Waals surface area contributed by atoms with Gasteiger partial charge in [0.05, 0.1) is 22.2 Å². The molecule has 0 atom stereocenters. The molecule has 1 aliphatic heterocycles. The summed E-state index contributed by atoms with van der Waals surface area (Å²) in [4.78, 5) is 11.9. The summed E-state index contributed by atoms with van der Waals surface area (Å²) in [5.74, 6) is 1.15. The predicted octanol–water partition coefficient (Wildman–Crippen LogP) is 3.08. The van der Waals surface area contributed by atoms with Crippen LogP contribution in [0.2, 0.25) is 0 Å². The quantitative estimate of drug-likeness (QED) is 0.549. The number of phenols is 1. The van der Waals surface area contributed by atoms with Crippen LogP contribution in [-0.2, 0) is 7.05 Å². The zero-order valence-electron chi connectivity index (χ0n) is 16.8. The minimum absolute atomic E-state index is 0.0689. The van der Waals surface area contributed by atoms with Crippen molar-refractivity contribution in [2.45, 2.75) is 19.4 Å². The number of aromatic hydroxyl groups is 1. The number of aryl methyl sites for hydroxylation is 1. The second kappa shape index (κ2) is 6.42. The summed E-state index contributed by atoms with van der Waals surface area (Å²) in [5.41, 5.74) is 3.91. The van der Waals surface area contributed by atoms with E-state index in [1.807, 2.05) is 43.6 Å². The molecule has 2 N–H and O–H groups in total. The highest BCUT2D eigenvalue weighted by Crippen LogP contribution is 2.33. The standard InChI is InChI=1S/C22H24N6O/c1-22(2)13-28(9-8-23-22)21-7-6-17-18(25-21)5-4-16(24-17)15-10-14-12-27(3)26-19(14)11-20(15)29/h4-7,10-12,23,29H,8-9,13H2,1-3H3. The van der Waals surface area contributed by atoms with E-state index in [1.54, 1.807) is 10.7 Å². The van der Waals surface area contributed by atoms with Crippen LogP contribution in [0.1, 0.15) is 13.8 Å².